The molecule has 0 spiro atoms. The van der Waals surface area contributed by atoms with Crippen LogP contribution in [0.2, 0.25) is 0 Å². The second kappa shape index (κ2) is 5.02. The molecule has 1 amide bonds. The van der Waals surface area contributed by atoms with Crippen molar-refractivity contribution in [3.63, 3.8) is 0 Å². The minimum absolute atomic E-state index is 0.0663. The molecule has 2 fully saturated rings. The van der Waals surface area contributed by atoms with Gasteiger partial charge in [-0.05, 0) is 43.9 Å². The van der Waals surface area contributed by atoms with E-state index in [9.17, 15) is 4.79 Å². The Bertz CT molecular complexity index is 522. The van der Waals surface area contributed by atoms with Gasteiger partial charge in [0, 0.05) is 23.7 Å². The third kappa shape index (κ3) is 2.61. The van der Waals surface area contributed by atoms with E-state index in [1.165, 1.54) is 12.8 Å². The number of rotatable bonds is 2. The van der Waals surface area contributed by atoms with Gasteiger partial charge in [0.15, 0.2) is 0 Å². The number of hydrogen-bond donors (Lipinski definition) is 2. The van der Waals surface area contributed by atoms with Crippen molar-refractivity contribution in [2.45, 2.75) is 43.8 Å². The molecule has 2 bridgehead atoms. The number of benzene rings is 1. The summed E-state index contributed by atoms with van der Waals surface area (Å²) in [5, 5.41) is 15.5. The molecular weight excluding hydrogens is 238 g/mol. The predicted molar refractivity (Wildman–Crippen MR) is 71.6 cm³/mol. The van der Waals surface area contributed by atoms with Crippen LogP contribution in [0.15, 0.2) is 24.3 Å². The Morgan fingerprint density at radius 3 is 2.74 bits per heavy atom. The van der Waals surface area contributed by atoms with Gasteiger partial charge in [0.25, 0.3) is 5.91 Å². The number of amides is 1. The van der Waals surface area contributed by atoms with Crippen LogP contribution in [0.4, 0.5) is 0 Å². The van der Waals surface area contributed by atoms with Gasteiger partial charge in [-0.25, -0.2) is 0 Å². The maximum Gasteiger partial charge on any atom is 0.251 e. The number of piperidine rings is 1. The van der Waals surface area contributed by atoms with E-state index in [0.717, 1.165) is 12.8 Å². The molecule has 2 saturated heterocycles. The third-order valence-corrected chi connectivity index (χ3v) is 4.06. The second-order valence-electron chi connectivity index (χ2n) is 5.47. The fourth-order valence-electron chi connectivity index (χ4n) is 3.17. The highest BCUT2D eigenvalue weighted by Gasteiger charge is 2.34. The lowest BCUT2D eigenvalue weighted by atomic mass is 9.99. The Morgan fingerprint density at radius 1 is 1.32 bits per heavy atom. The van der Waals surface area contributed by atoms with Gasteiger partial charge < -0.3 is 10.6 Å². The summed E-state index contributed by atoms with van der Waals surface area (Å²) in [7, 11) is 0. The maximum absolute atomic E-state index is 12.2. The topological polar surface area (TPSA) is 64.9 Å². The zero-order valence-electron chi connectivity index (χ0n) is 10.7. The Morgan fingerprint density at radius 2 is 2.05 bits per heavy atom. The highest BCUT2D eigenvalue weighted by Crippen LogP contribution is 2.26. The van der Waals surface area contributed by atoms with Crippen LogP contribution >= 0.6 is 0 Å². The Labute approximate surface area is 112 Å². The van der Waals surface area contributed by atoms with Gasteiger partial charge in [0.2, 0.25) is 0 Å². The van der Waals surface area contributed by atoms with Crippen LogP contribution in [0.5, 0.6) is 0 Å². The number of carbonyl (C=O) groups is 1. The van der Waals surface area contributed by atoms with E-state index in [0.29, 0.717) is 23.2 Å². The minimum Gasteiger partial charge on any atom is -0.349 e. The van der Waals surface area contributed by atoms with Crippen LogP contribution in [0.1, 0.15) is 41.6 Å². The molecule has 2 N–H and O–H groups in total. The largest absolute Gasteiger partial charge is 0.349 e. The molecule has 0 aliphatic carbocycles. The molecule has 98 valence electrons. The van der Waals surface area contributed by atoms with Crippen molar-refractivity contribution in [3.8, 4) is 6.07 Å². The maximum atomic E-state index is 12.2. The van der Waals surface area contributed by atoms with Crippen molar-refractivity contribution in [2.24, 2.45) is 0 Å². The summed E-state index contributed by atoms with van der Waals surface area (Å²) >= 11 is 0. The van der Waals surface area contributed by atoms with E-state index in [1.54, 1.807) is 24.3 Å². The molecule has 2 unspecified atom stereocenters. The number of hydrogen-bond acceptors (Lipinski definition) is 3. The van der Waals surface area contributed by atoms with Gasteiger partial charge in [-0.1, -0.05) is 6.07 Å². The number of carbonyl (C=O) groups excluding carboxylic acids is 1. The zero-order valence-corrected chi connectivity index (χ0v) is 10.7. The Kier molecular flexibility index (Phi) is 3.22. The first-order valence-corrected chi connectivity index (χ1v) is 6.81. The molecule has 2 atom stereocenters. The summed E-state index contributed by atoms with van der Waals surface area (Å²) < 4.78 is 0. The van der Waals surface area contributed by atoms with E-state index in [4.69, 9.17) is 5.26 Å². The van der Waals surface area contributed by atoms with Gasteiger partial charge in [0.05, 0.1) is 11.6 Å². The van der Waals surface area contributed by atoms with Gasteiger partial charge in [-0.2, -0.15) is 5.26 Å². The molecule has 0 aromatic heterocycles. The molecule has 0 saturated carbocycles. The fraction of sp³-hybridized carbons (Fsp3) is 0.467. The Balaban J connectivity index is 1.66. The Hall–Kier alpha value is -1.86. The van der Waals surface area contributed by atoms with E-state index >= 15 is 0 Å². The van der Waals surface area contributed by atoms with Crippen LogP contribution in [0.25, 0.3) is 0 Å². The van der Waals surface area contributed by atoms with Crippen molar-refractivity contribution < 1.29 is 4.79 Å². The van der Waals surface area contributed by atoms with Gasteiger partial charge in [0.1, 0.15) is 0 Å². The first kappa shape index (κ1) is 12.2. The lowest BCUT2D eigenvalue weighted by molar-refractivity contribution is 0.0924. The van der Waals surface area contributed by atoms with Crippen LogP contribution < -0.4 is 10.6 Å². The van der Waals surface area contributed by atoms with E-state index in [-0.39, 0.29) is 11.9 Å². The zero-order chi connectivity index (χ0) is 13.2. The lowest BCUT2D eigenvalue weighted by Gasteiger charge is -2.29. The summed E-state index contributed by atoms with van der Waals surface area (Å²) in [5.74, 6) is -0.0663. The summed E-state index contributed by atoms with van der Waals surface area (Å²) in [6, 6.07) is 10.3. The van der Waals surface area contributed by atoms with Gasteiger partial charge >= 0.3 is 0 Å². The number of nitrogens with one attached hydrogen (secondary N) is 2. The highest BCUT2D eigenvalue weighted by molar-refractivity contribution is 5.94. The second-order valence-corrected chi connectivity index (χ2v) is 5.47. The number of fused-ring (bicyclic) bond motifs is 2. The number of nitrogens with zero attached hydrogens (tertiary/aromatic N) is 1. The highest BCUT2D eigenvalue weighted by atomic mass is 16.1. The first-order valence-electron chi connectivity index (χ1n) is 6.81. The van der Waals surface area contributed by atoms with Gasteiger partial charge in [-0.3, -0.25) is 4.79 Å². The van der Waals surface area contributed by atoms with Crippen LogP contribution in [-0.4, -0.2) is 24.0 Å². The molecule has 19 heavy (non-hydrogen) atoms. The monoisotopic (exact) mass is 255 g/mol. The van der Waals surface area contributed by atoms with Crippen LogP contribution in [-0.2, 0) is 0 Å². The summed E-state index contributed by atoms with van der Waals surface area (Å²) in [6.45, 7) is 0. The van der Waals surface area contributed by atoms with Crippen molar-refractivity contribution in [2.75, 3.05) is 0 Å². The van der Waals surface area contributed by atoms with E-state index < -0.39 is 0 Å². The quantitative estimate of drug-likeness (QED) is 0.843. The standard InChI is InChI=1S/C15H17N3O/c16-9-10-2-1-3-11(6-10)15(19)18-14-7-12-4-5-13(8-14)17-12/h1-3,6,12-14,17H,4-5,7-8H2,(H,18,19). The SMILES string of the molecule is N#Cc1cccc(C(=O)NC2CC3CCC(C2)N3)c1. The predicted octanol–water partition coefficient (Wildman–Crippen LogP) is 1.57. The molecule has 4 heteroatoms. The minimum atomic E-state index is -0.0663. The lowest BCUT2D eigenvalue weighted by Crippen LogP contribution is -2.48. The first-order chi connectivity index (χ1) is 9.24. The molecule has 0 radical (unpaired) electrons. The molecule has 2 heterocycles. The molecular formula is C15H17N3O. The average molecular weight is 255 g/mol. The van der Waals surface area contributed by atoms with Crippen molar-refractivity contribution in [3.05, 3.63) is 35.4 Å². The van der Waals surface area contributed by atoms with Crippen molar-refractivity contribution >= 4 is 5.91 Å². The summed E-state index contributed by atoms with van der Waals surface area (Å²) in [4.78, 5) is 12.2. The van der Waals surface area contributed by atoms with E-state index in [2.05, 4.69) is 16.7 Å². The van der Waals surface area contributed by atoms with Crippen LogP contribution in [0.3, 0.4) is 0 Å². The number of nitriles is 1. The molecule has 4 nitrogen and oxygen atoms in total. The smallest absolute Gasteiger partial charge is 0.251 e. The summed E-state index contributed by atoms with van der Waals surface area (Å²) in [5.41, 5.74) is 1.10. The van der Waals surface area contributed by atoms with Crippen LogP contribution in [0, 0.1) is 11.3 Å². The molecule has 2 aliphatic rings. The fourth-order valence-corrected chi connectivity index (χ4v) is 3.17. The average Bonchev–Trinajstić information content (AvgIpc) is 2.78. The van der Waals surface area contributed by atoms with Crippen molar-refractivity contribution in [1.29, 1.82) is 5.26 Å². The van der Waals surface area contributed by atoms with Gasteiger partial charge in [-0.15, -0.1) is 0 Å². The molecule has 3 rings (SSSR count). The normalized spacial score (nSPS) is 28.7. The molecule has 2 aliphatic heterocycles. The molecule has 1 aromatic carbocycles. The summed E-state index contributed by atoms with van der Waals surface area (Å²) in [6.07, 6.45) is 4.47. The van der Waals surface area contributed by atoms with Crippen molar-refractivity contribution in [1.82, 2.24) is 10.6 Å². The third-order valence-electron chi connectivity index (χ3n) is 4.06. The van der Waals surface area contributed by atoms with E-state index in [1.807, 2.05) is 0 Å². The molecule has 1 aromatic rings.